The molecule has 19 heavy (non-hydrogen) atoms. The van der Waals surface area contributed by atoms with E-state index < -0.39 is 0 Å². The van der Waals surface area contributed by atoms with Crippen LogP contribution in [0.25, 0.3) is 0 Å². The lowest BCUT2D eigenvalue weighted by Gasteiger charge is -2.06. The van der Waals surface area contributed by atoms with Crippen LogP contribution < -0.4 is 10.6 Å². The molecule has 0 aliphatic carbocycles. The smallest absolute Gasteiger partial charge is 0.221 e. The van der Waals surface area contributed by atoms with Crippen LogP contribution in [-0.2, 0) is 16.0 Å². The van der Waals surface area contributed by atoms with Crippen LogP contribution in [0.1, 0.15) is 18.4 Å². The van der Waals surface area contributed by atoms with E-state index in [1.54, 1.807) is 7.11 Å². The highest BCUT2D eigenvalue weighted by Crippen LogP contribution is 1.97. The van der Waals surface area contributed by atoms with E-state index in [2.05, 4.69) is 22.8 Å². The third-order valence-corrected chi connectivity index (χ3v) is 2.81. The zero-order chi connectivity index (χ0) is 13.8. The van der Waals surface area contributed by atoms with Crippen molar-refractivity contribution in [1.82, 2.24) is 10.6 Å². The maximum absolute atomic E-state index is 11.4. The minimum Gasteiger partial charge on any atom is -0.385 e. The maximum Gasteiger partial charge on any atom is 0.221 e. The lowest BCUT2D eigenvalue weighted by Crippen LogP contribution is -2.29. The number of hydrogen-bond donors (Lipinski definition) is 2. The first kappa shape index (κ1) is 15.7. The molecule has 0 heterocycles. The van der Waals surface area contributed by atoms with E-state index in [4.69, 9.17) is 4.74 Å². The summed E-state index contributed by atoms with van der Waals surface area (Å²) < 4.78 is 4.92. The molecular weight excluding hydrogens is 240 g/mol. The van der Waals surface area contributed by atoms with Crippen LogP contribution in [0.4, 0.5) is 0 Å². The minimum atomic E-state index is 0.100. The van der Waals surface area contributed by atoms with E-state index in [0.29, 0.717) is 19.6 Å². The minimum absolute atomic E-state index is 0.100. The van der Waals surface area contributed by atoms with Crippen molar-refractivity contribution in [2.24, 2.45) is 0 Å². The molecule has 0 bridgehead atoms. The fraction of sp³-hybridized carbons (Fsp3) is 0.533. The Kier molecular flexibility index (Phi) is 8.68. The van der Waals surface area contributed by atoms with Gasteiger partial charge in [0, 0.05) is 33.2 Å². The van der Waals surface area contributed by atoms with Gasteiger partial charge in [-0.2, -0.15) is 0 Å². The summed E-state index contributed by atoms with van der Waals surface area (Å²) in [6.07, 6.45) is 2.39. The Morgan fingerprint density at radius 2 is 1.95 bits per heavy atom. The van der Waals surface area contributed by atoms with Gasteiger partial charge in [-0.1, -0.05) is 30.3 Å². The van der Waals surface area contributed by atoms with Crippen molar-refractivity contribution in [2.75, 3.05) is 33.4 Å². The average Bonchev–Trinajstić information content (AvgIpc) is 2.44. The van der Waals surface area contributed by atoms with Crippen LogP contribution in [0.3, 0.4) is 0 Å². The zero-order valence-electron chi connectivity index (χ0n) is 11.7. The number of hydrogen-bond acceptors (Lipinski definition) is 3. The summed E-state index contributed by atoms with van der Waals surface area (Å²) >= 11 is 0. The van der Waals surface area contributed by atoms with Gasteiger partial charge in [0.1, 0.15) is 0 Å². The molecular formula is C15H24N2O2. The number of ether oxygens (including phenoxy) is 1. The molecule has 0 saturated heterocycles. The second-order valence-electron chi connectivity index (χ2n) is 4.43. The van der Waals surface area contributed by atoms with E-state index in [9.17, 15) is 4.79 Å². The zero-order valence-corrected chi connectivity index (χ0v) is 11.7. The number of benzene rings is 1. The summed E-state index contributed by atoms with van der Waals surface area (Å²) in [5.74, 6) is 0.100. The Labute approximate surface area is 115 Å². The van der Waals surface area contributed by atoms with Gasteiger partial charge >= 0.3 is 0 Å². The SMILES string of the molecule is COCCCNC(=O)CCNCCc1ccccc1. The third-order valence-electron chi connectivity index (χ3n) is 2.81. The normalized spacial score (nSPS) is 10.4. The predicted molar refractivity (Wildman–Crippen MR) is 77.1 cm³/mol. The van der Waals surface area contributed by atoms with Crippen LogP contribution >= 0.6 is 0 Å². The largest absolute Gasteiger partial charge is 0.385 e. The standard InChI is InChI=1S/C15H24N2O2/c1-19-13-5-10-17-15(18)9-12-16-11-8-14-6-3-2-4-7-14/h2-4,6-7,16H,5,8-13H2,1H3,(H,17,18). The van der Waals surface area contributed by atoms with Crippen LogP contribution in [-0.4, -0.2) is 39.3 Å². The monoisotopic (exact) mass is 264 g/mol. The first-order valence-corrected chi connectivity index (χ1v) is 6.83. The summed E-state index contributed by atoms with van der Waals surface area (Å²) in [5.41, 5.74) is 1.32. The Hall–Kier alpha value is -1.39. The van der Waals surface area contributed by atoms with Gasteiger partial charge in [0.2, 0.25) is 5.91 Å². The molecule has 1 rings (SSSR count). The van der Waals surface area contributed by atoms with E-state index >= 15 is 0 Å². The van der Waals surface area contributed by atoms with Gasteiger partial charge < -0.3 is 15.4 Å². The fourth-order valence-corrected chi connectivity index (χ4v) is 1.74. The summed E-state index contributed by atoms with van der Waals surface area (Å²) in [4.78, 5) is 11.4. The molecule has 2 N–H and O–H groups in total. The molecule has 0 radical (unpaired) electrons. The molecule has 1 aromatic rings. The quantitative estimate of drug-likeness (QED) is 0.627. The Morgan fingerprint density at radius 3 is 2.68 bits per heavy atom. The van der Waals surface area contributed by atoms with Crippen LogP contribution in [0.2, 0.25) is 0 Å². The Bertz CT molecular complexity index is 341. The second-order valence-corrected chi connectivity index (χ2v) is 4.43. The van der Waals surface area contributed by atoms with Gasteiger partial charge in [0.15, 0.2) is 0 Å². The Morgan fingerprint density at radius 1 is 1.16 bits per heavy atom. The molecule has 0 unspecified atom stereocenters. The van der Waals surface area contributed by atoms with Gasteiger partial charge in [-0.05, 0) is 24.9 Å². The molecule has 0 atom stereocenters. The third kappa shape index (κ3) is 8.35. The summed E-state index contributed by atoms with van der Waals surface area (Å²) in [6, 6.07) is 10.3. The molecule has 0 aromatic heterocycles. The topological polar surface area (TPSA) is 50.4 Å². The highest BCUT2D eigenvalue weighted by Gasteiger charge is 1.99. The molecule has 106 valence electrons. The summed E-state index contributed by atoms with van der Waals surface area (Å²) in [7, 11) is 1.67. The number of carbonyl (C=O) groups is 1. The molecule has 0 spiro atoms. The number of rotatable bonds is 10. The molecule has 4 heteroatoms. The van der Waals surface area contributed by atoms with Crippen LogP contribution in [0, 0.1) is 0 Å². The summed E-state index contributed by atoms with van der Waals surface area (Å²) in [5, 5.41) is 6.15. The maximum atomic E-state index is 11.4. The molecule has 0 aliphatic heterocycles. The highest BCUT2D eigenvalue weighted by atomic mass is 16.5. The van der Waals surface area contributed by atoms with Gasteiger partial charge in [-0.15, -0.1) is 0 Å². The van der Waals surface area contributed by atoms with Crippen LogP contribution in [0.15, 0.2) is 30.3 Å². The predicted octanol–water partition coefficient (Wildman–Crippen LogP) is 1.36. The molecule has 0 saturated carbocycles. The fourth-order valence-electron chi connectivity index (χ4n) is 1.74. The number of amides is 1. The highest BCUT2D eigenvalue weighted by molar-refractivity contribution is 5.75. The molecule has 0 aliphatic rings. The van der Waals surface area contributed by atoms with E-state index in [1.165, 1.54) is 5.56 Å². The molecule has 1 amide bonds. The number of nitrogens with one attached hydrogen (secondary N) is 2. The Balaban J connectivity index is 1.94. The van der Waals surface area contributed by atoms with Crippen molar-refractivity contribution in [1.29, 1.82) is 0 Å². The van der Waals surface area contributed by atoms with Gasteiger partial charge in [-0.3, -0.25) is 4.79 Å². The van der Waals surface area contributed by atoms with Crippen molar-refractivity contribution in [3.63, 3.8) is 0 Å². The van der Waals surface area contributed by atoms with Crippen molar-refractivity contribution >= 4 is 5.91 Å². The van der Waals surface area contributed by atoms with Crippen molar-refractivity contribution in [2.45, 2.75) is 19.3 Å². The van der Waals surface area contributed by atoms with E-state index in [1.807, 2.05) is 18.2 Å². The van der Waals surface area contributed by atoms with E-state index in [0.717, 1.165) is 25.9 Å². The van der Waals surface area contributed by atoms with Crippen molar-refractivity contribution < 1.29 is 9.53 Å². The lowest BCUT2D eigenvalue weighted by atomic mass is 10.1. The summed E-state index contributed by atoms with van der Waals surface area (Å²) in [6.45, 7) is 3.01. The first-order chi connectivity index (χ1) is 9.33. The number of carbonyl (C=O) groups excluding carboxylic acids is 1. The van der Waals surface area contributed by atoms with Crippen molar-refractivity contribution in [3.8, 4) is 0 Å². The van der Waals surface area contributed by atoms with Crippen molar-refractivity contribution in [3.05, 3.63) is 35.9 Å². The second kappa shape index (κ2) is 10.5. The van der Waals surface area contributed by atoms with Gasteiger partial charge in [0.05, 0.1) is 0 Å². The van der Waals surface area contributed by atoms with Gasteiger partial charge in [-0.25, -0.2) is 0 Å². The molecule has 0 fully saturated rings. The van der Waals surface area contributed by atoms with Crippen LogP contribution in [0.5, 0.6) is 0 Å². The molecule has 4 nitrogen and oxygen atoms in total. The van der Waals surface area contributed by atoms with E-state index in [-0.39, 0.29) is 5.91 Å². The molecule has 1 aromatic carbocycles. The first-order valence-electron chi connectivity index (χ1n) is 6.83. The average molecular weight is 264 g/mol. The van der Waals surface area contributed by atoms with Gasteiger partial charge in [0.25, 0.3) is 0 Å². The number of methoxy groups -OCH3 is 1. The lowest BCUT2D eigenvalue weighted by molar-refractivity contribution is -0.121.